The lowest BCUT2D eigenvalue weighted by atomic mass is 10.2. The summed E-state index contributed by atoms with van der Waals surface area (Å²) in [5.41, 5.74) is 2.05. The Bertz CT molecular complexity index is 276. The predicted octanol–water partition coefficient (Wildman–Crippen LogP) is 1.25. The summed E-state index contributed by atoms with van der Waals surface area (Å²) in [4.78, 5) is 4.35. The minimum atomic E-state index is -0.250. The summed E-state index contributed by atoms with van der Waals surface area (Å²) in [6.07, 6.45) is 0.536. The number of aliphatic hydroxyl groups excluding tert-OH is 1. The standard InChI is InChI=1S/C11H18N2O/c1-3-11(14)8-12-7-10-6-4-5-9(2)13-10/h4-6,11-12,14H,3,7-8H2,1-2H3. The molecule has 0 saturated heterocycles. The van der Waals surface area contributed by atoms with E-state index in [-0.39, 0.29) is 6.10 Å². The van der Waals surface area contributed by atoms with Crippen LogP contribution in [-0.4, -0.2) is 22.7 Å². The van der Waals surface area contributed by atoms with E-state index in [0.717, 1.165) is 24.4 Å². The lowest BCUT2D eigenvalue weighted by Gasteiger charge is -2.08. The average molecular weight is 194 g/mol. The molecule has 2 N–H and O–H groups in total. The molecule has 0 aromatic carbocycles. The van der Waals surface area contributed by atoms with Gasteiger partial charge in [0.1, 0.15) is 0 Å². The van der Waals surface area contributed by atoms with Crippen LogP contribution in [0, 0.1) is 6.92 Å². The second-order valence-electron chi connectivity index (χ2n) is 3.46. The van der Waals surface area contributed by atoms with E-state index in [2.05, 4.69) is 10.3 Å². The van der Waals surface area contributed by atoms with Gasteiger partial charge < -0.3 is 10.4 Å². The van der Waals surface area contributed by atoms with Gasteiger partial charge in [-0.05, 0) is 25.5 Å². The number of pyridine rings is 1. The lowest BCUT2D eigenvalue weighted by Crippen LogP contribution is -2.26. The highest BCUT2D eigenvalue weighted by molar-refractivity contribution is 5.09. The topological polar surface area (TPSA) is 45.1 Å². The van der Waals surface area contributed by atoms with Crippen molar-refractivity contribution >= 4 is 0 Å². The van der Waals surface area contributed by atoms with E-state index >= 15 is 0 Å². The Morgan fingerprint density at radius 2 is 2.29 bits per heavy atom. The molecule has 14 heavy (non-hydrogen) atoms. The van der Waals surface area contributed by atoms with Crippen LogP contribution < -0.4 is 5.32 Å². The van der Waals surface area contributed by atoms with E-state index in [1.165, 1.54) is 0 Å². The number of hydrogen-bond acceptors (Lipinski definition) is 3. The SMILES string of the molecule is CCC(O)CNCc1cccc(C)n1. The molecule has 3 nitrogen and oxygen atoms in total. The first kappa shape index (κ1) is 11.1. The van der Waals surface area contributed by atoms with Crippen LogP contribution in [0.5, 0.6) is 0 Å². The molecule has 0 spiro atoms. The van der Waals surface area contributed by atoms with Gasteiger partial charge in [0.15, 0.2) is 0 Å². The van der Waals surface area contributed by atoms with Crippen molar-refractivity contribution in [2.75, 3.05) is 6.54 Å². The zero-order valence-corrected chi connectivity index (χ0v) is 8.83. The van der Waals surface area contributed by atoms with E-state index < -0.39 is 0 Å². The number of aliphatic hydroxyl groups is 1. The molecule has 1 rings (SSSR count). The normalized spacial score (nSPS) is 12.8. The molecule has 1 aromatic heterocycles. The van der Waals surface area contributed by atoms with Gasteiger partial charge in [-0.2, -0.15) is 0 Å². The maximum atomic E-state index is 9.31. The molecule has 1 heterocycles. The Kier molecular flexibility index (Phi) is 4.56. The molecule has 1 unspecified atom stereocenters. The Labute approximate surface area is 85.2 Å². The van der Waals surface area contributed by atoms with Crippen molar-refractivity contribution in [1.82, 2.24) is 10.3 Å². The third kappa shape index (κ3) is 3.85. The monoisotopic (exact) mass is 194 g/mol. The van der Waals surface area contributed by atoms with Gasteiger partial charge in [-0.1, -0.05) is 13.0 Å². The lowest BCUT2D eigenvalue weighted by molar-refractivity contribution is 0.167. The van der Waals surface area contributed by atoms with Gasteiger partial charge in [-0.25, -0.2) is 0 Å². The van der Waals surface area contributed by atoms with Crippen molar-refractivity contribution < 1.29 is 5.11 Å². The van der Waals surface area contributed by atoms with Gasteiger partial charge in [0, 0.05) is 18.8 Å². The first-order valence-electron chi connectivity index (χ1n) is 5.03. The zero-order chi connectivity index (χ0) is 10.4. The maximum Gasteiger partial charge on any atom is 0.0662 e. The molecular weight excluding hydrogens is 176 g/mol. The van der Waals surface area contributed by atoms with Gasteiger partial charge in [0.05, 0.1) is 11.8 Å². The van der Waals surface area contributed by atoms with Gasteiger partial charge in [-0.3, -0.25) is 4.98 Å². The summed E-state index contributed by atoms with van der Waals surface area (Å²) in [7, 11) is 0. The van der Waals surface area contributed by atoms with Crippen LogP contribution in [0.2, 0.25) is 0 Å². The maximum absolute atomic E-state index is 9.31. The van der Waals surface area contributed by atoms with Crippen LogP contribution in [0.1, 0.15) is 24.7 Å². The van der Waals surface area contributed by atoms with Crippen LogP contribution in [0.4, 0.5) is 0 Å². The highest BCUT2D eigenvalue weighted by Gasteiger charge is 1.99. The second kappa shape index (κ2) is 5.73. The molecular formula is C11H18N2O. The van der Waals surface area contributed by atoms with Gasteiger partial charge in [0.2, 0.25) is 0 Å². The van der Waals surface area contributed by atoms with Gasteiger partial charge in [-0.15, -0.1) is 0 Å². The van der Waals surface area contributed by atoms with Crippen LogP contribution in [0.3, 0.4) is 0 Å². The minimum absolute atomic E-state index is 0.250. The molecule has 1 atom stereocenters. The molecule has 0 aliphatic rings. The highest BCUT2D eigenvalue weighted by Crippen LogP contribution is 1.97. The fourth-order valence-electron chi connectivity index (χ4n) is 1.21. The highest BCUT2D eigenvalue weighted by atomic mass is 16.3. The average Bonchev–Trinajstić information content (AvgIpc) is 2.17. The number of aromatic nitrogens is 1. The van der Waals surface area contributed by atoms with E-state index in [1.54, 1.807) is 0 Å². The fourth-order valence-corrected chi connectivity index (χ4v) is 1.21. The van der Waals surface area contributed by atoms with E-state index in [1.807, 2.05) is 32.0 Å². The van der Waals surface area contributed by atoms with Gasteiger partial charge in [0.25, 0.3) is 0 Å². The third-order valence-electron chi connectivity index (χ3n) is 2.10. The largest absolute Gasteiger partial charge is 0.392 e. The van der Waals surface area contributed by atoms with E-state index in [0.29, 0.717) is 6.54 Å². The van der Waals surface area contributed by atoms with Crippen LogP contribution in [0.25, 0.3) is 0 Å². The molecule has 3 heteroatoms. The minimum Gasteiger partial charge on any atom is -0.392 e. The summed E-state index contributed by atoms with van der Waals surface area (Å²) in [6.45, 7) is 5.30. The summed E-state index contributed by atoms with van der Waals surface area (Å²) in [6, 6.07) is 5.96. The van der Waals surface area contributed by atoms with Gasteiger partial charge >= 0.3 is 0 Å². The Balaban J connectivity index is 2.31. The first-order valence-corrected chi connectivity index (χ1v) is 5.03. The number of nitrogens with one attached hydrogen (secondary N) is 1. The van der Waals surface area contributed by atoms with Crippen LogP contribution in [0.15, 0.2) is 18.2 Å². The first-order chi connectivity index (χ1) is 6.72. The number of rotatable bonds is 5. The van der Waals surface area contributed by atoms with Crippen molar-refractivity contribution in [2.24, 2.45) is 0 Å². The molecule has 0 fully saturated rings. The predicted molar refractivity (Wildman–Crippen MR) is 57.0 cm³/mol. The smallest absolute Gasteiger partial charge is 0.0662 e. The molecule has 1 aromatic rings. The Hall–Kier alpha value is -0.930. The van der Waals surface area contributed by atoms with E-state index in [9.17, 15) is 5.11 Å². The molecule has 0 aliphatic heterocycles. The van der Waals surface area contributed by atoms with Crippen LogP contribution >= 0.6 is 0 Å². The molecule has 0 saturated carbocycles. The summed E-state index contributed by atoms with van der Waals surface area (Å²) in [5.74, 6) is 0. The molecule has 0 amide bonds. The van der Waals surface area contributed by atoms with E-state index in [4.69, 9.17) is 0 Å². The third-order valence-corrected chi connectivity index (χ3v) is 2.10. The summed E-state index contributed by atoms with van der Waals surface area (Å²) < 4.78 is 0. The molecule has 78 valence electrons. The molecule has 0 bridgehead atoms. The van der Waals surface area contributed by atoms with Crippen LogP contribution in [-0.2, 0) is 6.54 Å². The molecule has 0 aliphatic carbocycles. The zero-order valence-electron chi connectivity index (χ0n) is 8.83. The van der Waals surface area contributed by atoms with Crippen molar-refractivity contribution in [3.8, 4) is 0 Å². The Morgan fingerprint density at radius 3 is 2.93 bits per heavy atom. The van der Waals surface area contributed by atoms with Crippen molar-refractivity contribution in [3.63, 3.8) is 0 Å². The quantitative estimate of drug-likeness (QED) is 0.741. The molecule has 0 radical (unpaired) electrons. The second-order valence-corrected chi connectivity index (χ2v) is 3.46. The van der Waals surface area contributed by atoms with Crippen molar-refractivity contribution in [1.29, 1.82) is 0 Å². The van der Waals surface area contributed by atoms with Crippen molar-refractivity contribution in [2.45, 2.75) is 32.9 Å². The number of aryl methyl sites for hydroxylation is 1. The van der Waals surface area contributed by atoms with Crippen molar-refractivity contribution in [3.05, 3.63) is 29.6 Å². The summed E-state index contributed by atoms with van der Waals surface area (Å²) in [5, 5.41) is 12.5. The number of hydrogen-bond donors (Lipinski definition) is 2. The fraction of sp³-hybridized carbons (Fsp3) is 0.545. The number of nitrogens with zero attached hydrogens (tertiary/aromatic N) is 1. The summed E-state index contributed by atoms with van der Waals surface area (Å²) >= 11 is 0. The Morgan fingerprint density at radius 1 is 1.50 bits per heavy atom.